The number of ether oxygens (including phenoxy) is 1. The van der Waals surface area contributed by atoms with Gasteiger partial charge in [0.25, 0.3) is 5.19 Å². The summed E-state index contributed by atoms with van der Waals surface area (Å²) in [6.45, 7) is 0. The van der Waals surface area contributed by atoms with Crippen molar-refractivity contribution in [3.63, 3.8) is 0 Å². The van der Waals surface area contributed by atoms with E-state index in [1.54, 1.807) is 30.5 Å². The van der Waals surface area contributed by atoms with Crippen LogP contribution in [0.2, 0.25) is 0 Å². The molecule has 2 aromatic rings. The zero-order valence-electron chi connectivity index (χ0n) is 8.29. The standard InChI is InChI=1S/C11H9NO3S/c13-10(14)7-8-1-3-9(4-2-8)15-11-12-5-6-16-11/h1-6H,7H2,(H,13,14). The molecule has 0 unspecified atom stereocenters. The molecule has 1 heterocycles. The highest BCUT2D eigenvalue weighted by Gasteiger charge is 2.02. The fourth-order valence-electron chi connectivity index (χ4n) is 1.21. The molecule has 2 rings (SSSR count). The molecular formula is C11H9NO3S. The van der Waals surface area contributed by atoms with E-state index in [9.17, 15) is 4.79 Å². The summed E-state index contributed by atoms with van der Waals surface area (Å²) >= 11 is 1.41. The largest absolute Gasteiger partial charge is 0.481 e. The van der Waals surface area contributed by atoms with Crippen LogP contribution in [-0.2, 0) is 11.2 Å². The van der Waals surface area contributed by atoms with Crippen LogP contribution in [0.5, 0.6) is 10.9 Å². The molecule has 1 aromatic heterocycles. The van der Waals surface area contributed by atoms with Gasteiger partial charge in [-0.2, -0.15) is 0 Å². The van der Waals surface area contributed by atoms with E-state index < -0.39 is 5.97 Å². The van der Waals surface area contributed by atoms with Crippen LogP contribution >= 0.6 is 11.3 Å². The monoisotopic (exact) mass is 235 g/mol. The van der Waals surface area contributed by atoms with Crippen molar-refractivity contribution in [2.45, 2.75) is 6.42 Å². The first-order valence-corrected chi connectivity index (χ1v) is 5.50. The zero-order chi connectivity index (χ0) is 11.4. The molecule has 0 aliphatic carbocycles. The molecule has 0 bridgehead atoms. The fourth-order valence-corrected chi connectivity index (χ4v) is 1.72. The second-order valence-corrected chi connectivity index (χ2v) is 3.97. The molecule has 0 spiro atoms. The molecule has 0 aliphatic rings. The third-order valence-electron chi connectivity index (χ3n) is 1.89. The van der Waals surface area contributed by atoms with Gasteiger partial charge >= 0.3 is 5.97 Å². The van der Waals surface area contributed by atoms with Crippen LogP contribution in [-0.4, -0.2) is 16.1 Å². The summed E-state index contributed by atoms with van der Waals surface area (Å²) in [7, 11) is 0. The fraction of sp³-hybridized carbons (Fsp3) is 0.0909. The summed E-state index contributed by atoms with van der Waals surface area (Å²) in [5, 5.41) is 11.0. The van der Waals surface area contributed by atoms with Gasteiger partial charge in [0.1, 0.15) is 5.75 Å². The number of hydrogen-bond acceptors (Lipinski definition) is 4. The highest BCUT2D eigenvalue weighted by atomic mass is 32.1. The summed E-state index contributed by atoms with van der Waals surface area (Å²) in [5.41, 5.74) is 0.749. The van der Waals surface area contributed by atoms with Gasteiger partial charge in [0, 0.05) is 11.6 Å². The highest BCUT2D eigenvalue weighted by Crippen LogP contribution is 2.23. The van der Waals surface area contributed by atoms with Crippen LogP contribution in [0.4, 0.5) is 0 Å². The van der Waals surface area contributed by atoms with E-state index >= 15 is 0 Å². The predicted molar refractivity (Wildman–Crippen MR) is 60.0 cm³/mol. The maximum absolute atomic E-state index is 10.5. The Labute approximate surface area is 96.1 Å². The normalized spacial score (nSPS) is 10.0. The van der Waals surface area contributed by atoms with Gasteiger partial charge in [0.2, 0.25) is 0 Å². The van der Waals surface area contributed by atoms with Gasteiger partial charge in [-0.25, -0.2) is 4.98 Å². The quantitative estimate of drug-likeness (QED) is 0.884. The van der Waals surface area contributed by atoms with E-state index in [4.69, 9.17) is 9.84 Å². The number of nitrogens with zero attached hydrogens (tertiary/aromatic N) is 1. The smallest absolute Gasteiger partial charge is 0.307 e. The molecule has 4 nitrogen and oxygen atoms in total. The first kappa shape index (κ1) is 10.6. The van der Waals surface area contributed by atoms with E-state index in [1.165, 1.54) is 11.3 Å². The Kier molecular flexibility index (Phi) is 3.16. The van der Waals surface area contributed by atoms with Crippen LogP contribution in [0.15, 0.2) is 35.8 Å². The Bertz CT molecular complexity index is 464. The van der Waals surface area contributed by atoms with Gasteiger partial charge < -0.3 is 9.84 Å². The van der Waals surface area contributed by atoms with Crippen molar-refractivity contribution >= 4 is 17.3 Å². The number of benzene rings is 1. The molecule has 1 aromatic carbocycles. The van der Waals surface area contributed by atoms with Gasteiger partial charge in [-0.1, -0.05) is 23.5 Å². The number of carbonyl (C=O) groups is 1. The third kappa shape index (κ3) is 2.80. The van der Waals surface area contributed by atoms with Crippen molar-refractivity contribution in [1.29, 1.82) is 0 Å². The summed E-state index contributed by atoms with van der Waals surface area (Å²) in [6.07, 6.45) is 1.69. The number of aromatic nitrogens is 1. The maximum atomic E-state index is 10.5. The summed E-state index contributed by atoms with van der Waals surface area (Å²) < 4.78 is 5.44. The molecule has 0 amide bonds. The van der Waals surface area contributed by atoms with Gasteiger partial charge in [-0.15, -0.1) is 0 Å². The number of carboxylic acids is 1. The number of rotatable bonds is 4. The molecule has 16 heavy (non-hydrogen) atoms. The molecule has 0 aliphatic heterocycles. The van der Waals surface area contributed by atoms with Crippen LogP contribution in [0.1, 0.15) is 5.56 Å². The Hall–Kier alpha value is -1.88. The Balaban J connectivity index is 2.05. The topological polar surface area (TPSA) is 59.4 Å². The number of carboxylic acid groups (broad SMARTS) is 1. The van der Waals surface area contributed by atoms with Gasteiger partial charge in [-0.05, 0) is 17.7 Å². The van der Waals surface area contributed by atoms with E-state index in [-0.39, 0.29) is 6.42 Å². The predicted octanol–water partition coefficient (Wildman–Crippen LogP) is 2.56. The third-order valence-corrected chi connectivity index (χ3v) is 2.54. The first-order chi connectivity index (χ1) is 7.74. The minimum atomic E-state index is -0.839. The molecule has 1 N–H and O–H groups in total. The van der Waals surface area contributed by atoms with Crippen LogP contribution in [0, 0.1) is 0 Å². The SMILES string of the molecule is O=C(O)Cc1ccc(Oc2nccs2)cc1. The lowest BCUT2D eigenvalue weighted by Crippen LogP contribution is -1.99. The lowest BCUT2D eigenvalue weighted by Gasteiger charge is -2.02. The van der Waals surface area contributed by atoms with Crippen molar-refractivity contribution in [2.24, 2.45) is 0 Å². The average Bonchev–Trinajstić information content (AvgIpc) is 2.73. The molecule has 0 saturated carbocycles. The van der Waals surface area contributed by atoms with Gasteiger partial charge in [-0.3, -0.25) is 4.79 Å². The zero-order valence-corrected chi connectivity index (χ0v) is 9.11. The minimum absolute atomic E-state index is 0.0253. The van der Waals surface area contributed by atoms with Crippen molar-refractivity contribution in [3.05, 3.63) is 41.4 Å². The highest BCUT2D eigenvalue weighted by molar-refractivity contribution is 7.11. The maximum Gasteiger partial charge on any atom is 0.307 e. The second kappa shape index (κ2) is 4.76. The van der Waals surface area contributed by atoms with Crippen molar-refractivity contribution in [2.75, 3.05) is 0 Å². The summed E-state index contributed by atoms with van der Waals surface area (Å²) in [5.74, 6) is -0.183. The van der Waals surface area contributed by atoms with Gasteiger partial charge in [0.05, 0.1) is 6.42 Å². The lowest BCUT2D eigenvalue weighted by molar-refractivity contribution is -0.136. The average molecular weight is 235 g/mol. The molecule has 0 radical (unpaired) electrons. The van der Waals surface area contributed by atoms with Gasteiger partial charge in [0.15, 0.2) is 0 Å². The van der Waals surface area contributed by atoms with E-state index in [1.807, 2.05) is 5.38 Å². The number of hydrogen-bond donors (Lipinski definition) is 1. The summed E-state index contributed by atoms with van der Waals surface area (Å²) in [6, 6.07) is 6.94. The Morgan fingerprint density at radius 3 is 2.69 bits per heavy atom. The van der Waals surface area contributed by atoms with E-state index in [2.05, 4.69) is 4.98 Å². The molecule has 0 fully saturated rings. The first-order valence-electron chi connectivity index (χ1n) is 4.62. The minimum Gasteiger partial charge on any atom is -0.481 e. The van der Waals surface area contributed by atoms with Crippen LogP contribution < -0.4 is 4.74 Å². The van der Waals surface area contributed by atoms with Crippen molar-refractivity contribution < 1.29 is 14.6 Å². The molecule has 0 atom stereocenters. The van der Waals surface area contributed by atoms with Crippen LogP contribution in [0.3, 0.4) is 0 Å². The van der Waals surface area contributed by atoms with Crippen LogP contribution in [0.25, 0.3) is 0 Å². The lowest BCUT2D eigenvalue weighted by atomic mass is 10.1. The van der Waals surface area contributed by atoms with Crippen molar-refractivity contribution in [1.82, 2.24) is 4.98 Å². The Morgan fingerprint density at radius 1 is 1.38 bits per heavy atom. The second-order valence-electron chi connectivity index (χ2n) is 3.11. The molecule has 82 valence electrons. The number of aliphatic carboxylic acids is 1. The summed E-state index contributed by atoms with van der Waals surface area (Å²) in [4.78, 5) is 14.5. The van der Waals surface area contributed by atoms with E-state index in [0.717, 1.165) is 5.56 Å². The number of thiazole rings is 1. The molecular weight excluding hydrogens is 226 g/mol. The van der Waals surface area contributed by atoms with E-state index in [0.29, 0.717) is 10.9 Å². The molecule has 0 saturated heterocycles. The molecule has 5 heteroatoms. The van der Waals surface area contributed by atoms with Crippen molar-refractivity contribution in [3.8, 4) is 10.9 Å². The Morgan fingerprint density at radius 2 is 2.12 bits per heavy atom.